The van der Waals surface area contributed by atoms with Gasteiger partial charge in [-0.2, -0.15) is 0 Å². The number of carbonyl (C=O) groups is 5. The molecule has 11 N–H and O–H groups in total. The molecule has 13 heteroatoms. The Morgan fingerprint density at radius 2 is 1.65 bits per heavy atom. The van der Waals surface area contributed by atoms with E-state index in [1.807, 2.05) is 24.3 Å². The number of primary amides is 1. The highest BCUT2D eigenvalue weighted by Crippen LogP contribution is 2.19. The normalized spacial score (nSPS) is 14.2. The fourth-order valence-corrected chi connectivity index (χ4v) is 3.74. The molecular formula is C24H35N7O6. The average molecular weight is 518 g/mol. The van der Waals surface area contributed by atoms with Gasteiger partial charge < -0.3 is 43.2 Å². The number of aliphatic carboxylic acids is 1. The second kappa shape index (κ2) is 13.9. The van der Waals surface area contributed by atoms with E-state index in [0.29, 0.717) is 19.4 Å². The van der Waals surface area contributed by atoms with Gasteiger partial charge in [-0.15, -0.1) is 0 Å². The third-order valence-corrected chi connectivity index (χ3v) is 5.80. The van der Waals surface area contributed by atoms with E-state index < -0.39 is 60.2 Å². The predicted octanol–water partition coefficient (Wildman–Crippen LogP) is -1.40. The van der Waals surface area contributed by atoms with Crippen LogP contribution >= 0.6 is 0 Å². The van der Waals surface area contributed by atoms with Gasteiger partial charge in [0.05, 0.1) is 12.5 Å². The van der Waals surface area contributed by atoms with Crippen LogP contribution in [0, 0.1) is 0 Å². The summed E-state index contributed by atoms with van der Waals surface area (Å²) in [5, 5.41) is 17.7. The summed E-state index contributed by atoms with van der Waals surface area (Å²) in [6.07, 6.45) is 2.66. The van der Waals surface area contributed by atoms with E-state index in [9.17, 15) is 29.1 Å². The van der Waals surface area contributed by atoms with E-state index in [4.69, 9.17) is 17.2 Å². The van der Waals surface area contributed by atoms with E-state index >= 15 is 0 Å². The fraction of sp³-hybridized carbons (Fsp3) is 0.458. The summed E-state index contributed by atoms with van der Waals surface area (Å²) in [5.74, 6) is -4.12. The predicted molar refractivity (Wildman–Crippen MR) is 136 cm³/mol. The summed E-state index contributed by atoms with van der Waals surface area (Å²) in [4.78, 5) is 64.1. The molecule has 202 valence electrons. The Morgan fingerprint density at radius 3 is 2.30 bits per heavy atom. The summed E-state index contributed by atoms with van der Waals surface area (Å²) in [7, 11) is 0. The molecule has 1 aromatic heterocycles. The van der Waals surface area contributed by atoms with Crippen molar-refractivity contribution < 1.29 is 29.1 Å². The van der Waals surface area contributed by atoms with Gasteiger partial charge in [0.1, 0.15) is 18.1 Å². The van der Waals surface area contributed by atoms with Crippen molar-refractivity contribution in [3.8, 4) is 0 Å². The number of carboxylic acids is 1. The molecule has 0 radical (unpaired) electrons. The molecule has 0 saturated heterocycles. The minimum Gasteiger partial charge on any atom is -0.480 e. The molecular weight excluding hydrogens is 482 g/mol. The fourth-order valence-electron chi connectivity index (χ4n) is 3.74. The van der Waals surface area contributed by atoms with Crippen molar-refractivity contribution in [2.24, 2.45) is 17.2 Å². The Bertz CT molecular complexity index is 1120. The van der Waals surface area contributed by atoms with Gasteiger partial charge in [0.15, 0.2) is 0 Å². The Kier molecular flexibility index (Phi) is 11.0. The number of benzene rings is 1. The number of hydrogen-bond donors (Lipinski definition) is 8. The van der Waals surface area contributed by atoms with E-state index in [0.717, 1.165) is 16.5 Å². The minimum atomic E-state index is -1.26. The summed E-state index contributed by atoms with van der Waals surface area (Å²) >= 11 is 0. The van der Waals surface area contributed by atoms with Crippen LogP contribution in [0.3, 0.4) is 0 Å². The first-order valence-electron chi connectivity index (χ1n) is 12.0. The molecule has 1 aromatic carbocycles. The lowest BCUT2D eigenvalue weighted by atomic mass is 10.0. The molecule has 0 spiro atoms. The maximum atomic E-state index is 13.2. The lowest BCUT2D eigenvalue weighted by Crippen LogP contribution is -2.57. The zero-order valence-electron chi connectivity index (χ0n) is 20.7. The number of fused-ring (bicyclic) bond motifs is 1. The van der Waals surface area contributed by atoms with Crippen molar-refractivity contribution in [2.75, 3.05) is 6.54 Å². The molecule has 0 bridgehead atoms. The molecule has 0 fully saturated rings. The molecule has 0 aliphatic carbocycles. The van der Waals surface area contributed by atoms with Crippen LogP contribution in [0.1, 0.15) is 38.2 Å². The number of carboxylic acid groups (broad SMARTS) is 1. The topological polar surface area (TPSA) is 236 Å². The molecule has 13 nitrogen and oxygen atoms in total. The Balaban J connectivity index is 2.15. The SMILES string of the molecule is CC(NC(=O)C(Cc1c[nH]c2ccccc12)NC(=O)C(N)CC(N)=O)C(=O)NC(CCCCN)C(=O)O. The Morgan fingerprint density at radius 1 is 0.973 bits per heavy atom. The van der Waals surface area contributed by atoms with Gasteiger partial charge in [-0.1, -0.05) is 18.2 Å². The first-order chi connectivity index (χ1) is 17.5. The lowest BCUT2D eigenvalue weighted by molar-refractivity contribution is -0.142. The molecule has 4 amide bonds. The smallest absolute Gasteiger partial charge is 0.326 e. The van der Waals surface area contributed by atoms with Crippen molar-refractivity contribution in [3.63, 3.8) is 0 Å². The molecule has 0 aliphatic rings. The summed E-state index contributed by atoms with van der Waals surface area (Å²) in [6.45, 7) is 1.80. The number of aromatic nitrogens is 1. The minimum absolute atomic E-state index is 0.0516. The van der Waals surface area contributed by atoms with E-state index in [-0.39, 0.29) is 12.8 Å². The zero-order chi connectivity index (χ0) is 27.5. The van der Waals surface area contributed by atoms with Gasteiger partial charge in [-0.3, -0.25) is 19.2 Å². The van der Waals surface area contributed by atoms with E-state index in [1.165, 1.54) is 6.92 Å². The molecule has 0 saturated carbocycles. The Labute approximate surface area is 213 Å². The van der Waals surface area contributed by atoms with Gasteiger partial charge in [-0.25, -0.2) is 4.79 Å². The summed E-state index contributed by atoms with van der Waals surface area (Å²) in [5.41, 5.74) is 17.8. The molecule has 37 heavy (non-hydrogen) atoms. The van der Waals surface area contributed by atoms with Crippen LogP contribution in [0.15, 0.2) is 30.5 Å². The van der Waals surface area contributed by atoms with Crippen LogP contribution in [0.2, 0.25) is 0 Å². The number of aromatic amines is 1. The van der Waals surface area contributed by atoms with Gasteiger partial charge in [-0.05, 0) is 44.4 Å². The highest BCUT2D eigenvalue weighted by molar-refractivity contribution is 5.95. The third-order valence-electron chi connectivity index (χ3n) is 5.80. The largest absolute Gasteiger partial charge is 0.480 e. The molecule has 2 rings (SSSR count). The molecule has 1 heterocycles. The number of amides is 4. The van der Waals surface area contributed by atoms with Crippen LogP contribution in [-0.2, 0) is 30.4 Å². The standard InChI is InChI=1S/C24H35N7O6/c1-13(21(33)30-18(24(36)37)8-4-5-9-25)29-23(35)19(31-22(34)16(26)11-20(27)32)10-14-12-28-17-7-3-2-6-15(14)17/h2-3,6-7,12-13,16,18-19,28H,4-5,8-11,25-26H2,1H3,(H2,27,32)(H,29,35)(H,30,33)(H,31,34)(H,36,37). The first-order valence-corrected chi connectivity index (χ1v) is 12.0. The number of nitrogens with two attached hydrogens (primary N) is 3. The molecule has 4 unspecified atom stereocenters. The van der Waals surface area contributed by atoms with E-state index in [2.05, 4.69) is 20.9 Å². The molecule has 2 aromatic rings. The van der Waals surface area contributed by atoms with Crippen LogP contribution in [-0.4, -0.2) is 70.4 Å². The quantitative estimate of drug-likeness (QED) is 0.130. The highest BCUT2D eigenvalue weighted by atomic mass is 16.4. The molecule has 4 atom stereocenters. The second-order valence-corrected chi connectivity index (χ2v) is 8.82. The van der Waals surface area contributed by atoms with Crippen LogP contribution in [0.25, 0.3) is 10.9 Å². The average Bonchev–Trinajstić information content (AvgIpc) is 3.25. The summed E-state index contributed by atoms with van der Waals surface area (Å²) < 4.78 is 0. The summed E-state index contributed by atoms with van der Waals surface area (Å²) in [6, 6.07) is 2.73. The Hall–Kier alpha value is -3.97. The maximum Gasteiger partial charge on any atom is 0.326 e. The monoisotopic (exact) mass is 517 g/mol. The number of nitrogens with one attached hydrogen (secondary N) is 4. The number of para-hydroxylation sites is 1. The third kappa shape index (κ3) is 8.88. The number of H-pyrrole nitrogens is 1. The van der Waals surface area contributed by atoms with Crippen LogP contribution < -0.4 is 33.2 Å². The van der Waals surface area contributed by atoms with Crippen molar-refractivity contribution >= 4 is 40.5 Å². The van der Waals surface area contributed by atoms with Gasteiger partial charge in [0, 0.05) is 23.5 Å². The zero-order valence-corrected chi connectivity index (χ0v) is 20.7. The van der Waals surface area contributed by atoms with Gasteiger partial charge in [0.25, 0.3) is 0 Å². The van der Waals surface area contributed by atoms with Gasteiger partial charge >= 0.3 is 5.97 Å². The lowest BCUT2D eigenvalue weighted by Gasteiger charge is -2.23. The number of carbonyl (C=O) groups excluding carboxylic acids is 4. The second-order valence-electron chi connectivity index (χ2n) is 8.82. The molecule has 0 aliphatic heterocycles. The van der Waals surface area contributed by atoms with Crippen LogP contribution in [0.4, 0.5) is 0 Å². The van der Waals surface area contributed by atoms with Crippen molar-refractivity contribution in [3.05, 3.63) is 36.0 Å². The first kappa shape index (κ1) is 29.3. The van der Waals surface area contributed by atoms with Crippen molar-refractivity contribution in [1.82, 2.24) is 20.9 Å². The maximum absolute atomic E-state index is 13.2. The highest BCUT2D eigenvalue weighted by Gasteiger charge is 2.29. The van der Waals surface area contributed by atoms with Crippen LogP contribution in [0.5, 0.6) is 0 Å². The van der Waals surface area contributed by atoms with Crippen molar-refractivity contribution in [2.45, 2.75) is 63.2 Å². The number of unbranched alkanes of at least 4 members (excludes halogenated alkanes) is 1. The van der Waals surface area contributed by atoms with E-state index in [1.54, 1.807) is 6.20 Å². The van der Waals surface area contributed by atoms with Gasteiger partial charge in [0.2, 0.25) is 23.6 Å². The number of hydrogen-bond acceptors (Lipinski definition) is 7. The van der Waals surface area contributed by atoms with Crippen molar-refractivity contribution in [1.29, 1.82) is 0 Å². The number of rotatable bonds is 15.